The molecule has 0 saturated carbocycles. The Bertz CT molecular complexity index is 1270. The SMILES string of the molecule is COc1ccc(CN2CCCCN=S2(=O)CC(N[S+]([O-])C(C)(C)C)(c2nc(Br)ccc2F)C(F)F)c(OC)c1. The van der Waals surface area contributed by atoms with Gasteiger partial charge in [-0.15, -0.1) is 4.72 Å². The van der Waals surface area contributed by atoms with Crippen molar-refractivity contribution in [3.05, 3.63) is 52.0 Å². The zero-order chi connectivity index (χ0) is 29.0. The van der Waals surface area contributed by atoms with Gasteiger partial charge < -0.3 is 14.0 Å². The van der Waals surface area contributed by atoms with Crippen LogP contribution in [0.4, 0.5) is 13.2 Å². The lowest BCUT2D eigenvalue weighted by Crippen LogP contribution is -2.60. The van der Waals surface area contributed by atoms with E-state index in [0.717, 1.165) is 6.07 Å². The van der Waals surface area contributed by atoms with E-state index in [2.05, 4.69) is 30.0 Å². The van der Waals surface area contributed by atoms with E-state index >= 15 is 13.2 Å². The van der Waals surface area contributed by atoms with Crippen LogP contribution in [0.3, 0.4) is 0 Å². The van der Waals surface area contributed by atoms with Gasteiger partial charge >= 0.3 is 0 Å². The number of nitrogens with one attached hydrogen (secondary N) is 1. The van der Waals surface area contributed by atoms with Crippen LogP contribution in [-0.4, -0.2) is 62.3 Å². The maximum atomic E-state index is 15.2. The molecule has 39 heavy (non-hydrogen) atoms. The van der Waals surface area contributed by atoms with E-state index in [-0.39, 0.29) is 24.2 Å². The molecular weight excluding hydrogens is 621 g/mol. The molecule has 3 rings (SSSR count). The third-order valence-corrected chi connectivity index (χ3v) is 10.8. The molecule has 0 radical (unpaired) electrons. The van der Waals surface area contributed by atoms with Gasteiger partial charge in [0.15, 0.2) is 5.54 Å². The van der Waals surface area contributed by atoms with Gasteiger partial charge in [-0.3, -0.25) is 0 Å². The van der Waals surface area contributed by atoms with Crippen LogP contribution in [0.2, 0.25) is 0 Å². The van der Waals surface area contributed by atoms with Crippen LogP contribution >= 0.6 is 15.9 Å². The summed E-state index contributed by atoms with van der Waals surface area (Å²) in [5.41, 5.74) is -2.73. The number of hydrogen-bond acceptors (Lipinski definition) is 7. The second kappa shape index (κ2) is 12.9. The van der Waals surface area contributed by atoms with E-state index in [1.54, 1.807) is 39.0 Å². The number of alkyl halides is 2. The Balaban J connectivity index is 2.17. The fourth-order valence-electron chi connectivity index (χ4n) is 4.02. The minimum Gasteiger partial charge on any atom is -0.598 e. The first-order valence-electron chi connectivity index (χ1n) is 12.2. The van der Waals surface area contributed by atoms with Crippen LogP contribution < -0.4 is 14.2 Å². The molecule has 3 atom stereocenters. The summed E-state index contributed by atoms with van der Waals surface area (Å²) in [6.45, 7) is 5.30. The van der Waals surface area contributed by atoms with E-state index in [0.29, 0.717) is 29.9 Å². The molecule has 1 N–H and O–H groups in total. The maximum absolute atomic E-state index is 15.2. The topological polar surface area (TPSA) is 99.1 Å². The monoisotopic (exact) mass is 654 g/mol. The summed E-state index contributed by atoms with van der Waals surface area (Å²) >= 11 is 1.02. The van der Waals surface area contributed by atoms with Gasteiger partial charge in [-0.2, -0.15) is 0 Å². The molecule has 14 heteroatoms. The quantitative estimate of drug-likeness (QED) is 0.280. The lowest BCUT2D eigenvalue weighted by molar-refractivity contribution is 0.0487. The summed E-state index contributed by atoms with van der Waals surface area (Å²) in [5, 5.41) is 0. The third-order valence-electron chi connectivity index (χ3n) is 6.21. The average Bonchev–Trinajstić information content (AvgIpc) is 3.05. The minimum atomic E-state index is -3.61. The number of nitrogens with zero attached hydrogens (tertiary/aromatic N) is 3. The summed E-state index contributed by atoms with van der Waals surface area (Å²) in [6.07, 6.45) is -2.13. The van der Waals surface area contributed by atoms with E-state index in [1.807, 2.05) is 0 Å². The fourth-order valence-corrected chi connectivity index (χ4v) is 7.85. The summed E-state index contributed by atoms with van der Waals surface area (Å²) in [5.74, 6) is -0.874. The highest BCUT2D eigenvalue weighted by Crippen LogP contribution is 2.37. The zero-order valence-electron chi connectivity index (χ0n) is 22.5. The average molecular weight is 656 g/mol. The molecule has 8 nitrogen and oxygen atoms in total. The summed E-state index contributed by atoms with van der Waals surface area (Å²) < 4.78 is 91.8. The summed E-state index contributed by atoms with van der Waals surface area (Å²) in [6, 6.07) is 7.39. The van der Waals surface area contributed by atoms with Crippen molar-refractivity contribution in [2.75, 3.05) is 33.1 Å². The standard InChI is InChI=1S/C25H34BrF3N4O4S2/c1-24(2,3)38(34)32-25(23(28)29,22-19(27)10-11-21(26)31-22)16-39(35)30-12-6-7-13-33(39)15-17-8-9-18(36-4)14-20(17)37-5/h8-11,14,23,32H,6-7,12-13,15-16H2,1-5H3. The molecule has 2 aromatic rings. The Morgan fingerprint density at radius 2 is 1.92 bits per heavy atom. The molecule has 2 heterocycles. The van der Waals surface area contributed by atoms with Gasteiger partial charge in [0, 0.05) is 42.6 Å². The molecule has 1 aromatic carbocycles. The maximum Gasteiger partial charge on any atom is 0.267 e. The van der Waals surface area contributed by atoms with Gasteiger partial charge in [-0.1, -0.05) is 6.07 Å². The number of rotatable bonds is 10. The van der Waals surface area contributed by atoms with Crippen molar-refractivity contribution in [1.29, 1.82) is 0 Å². The molecule has 3 unspecified atom stereocenters. The number of ether oxygens (including phenoxy) is 2. The first kappa shape index (κ1) is 31.9. The van der Waals surface area contributed by atoms with Gasteiger partial charge in [0.1, 0.15) is 42.3 Å². The number of aromatic nitrogens is 1. The molecule has 0 amide bonds. The van der Waals surface area contributed by atoms with E-state index in [1.165, 1.54) is 24.6 Å². The van der Waals surface area contributed by atoms with Crippen LogP contribution in [0.5, 0.6) is 11.5 Å². The van der Waals surface area contributed by atoms with Crippen LogP contribution in [0.25, 0.3) is 0 Å². The summed E-state index contributed by atoms with van der Waals surface area (Å²) in [7, 11) is -0.605. The normalized spacial score (nSPS) is 21.1. The Kier molecular flexibility index (Phi) is 10.6. The zero-order valence-corrected chi connectivity index (χ0v) is 25.7. The highest BCUT2D eigenvalue weighted by molar-refractivity contribution is 9.10. The van der Waals surface area contributed by atoms with Crippen LogP contribution in [0, 0.1) is 5.82 Å². The van der Waals surface area contributed by atoms with Gasteiger partial charge in [0.25, 0.3) is 6.43 Å². The highest BCUT2D eigenvalue weighted by atomic mass is 79.9. The molecule has 0 spiro atoms. The second-order valence-corrected chi connectivity index (χ2v) is 15.1. The smallest absolute Gasteiger partial charge is 0.267 e. The molecule has 1 aromatic heterocycles. The van der Waals surface area contributed by atoms with Crippen molar-refractivity contribution in [2.24, 2.45) is 4.36 Å². The number of methoxy groups -OCH3 is 2. The van der Waals surface area contributed by atoms with Crippen LogP contribution in [0.1, 0.15) is 44.9 Å². The molecule has 1 aliphatic rings. The molecular formula is C25H34BrF3N4O4S2. The van der Waals surface area contributed by atoms with Gasteiger partial charge in [0.2, 0.25) is 0 Å². The minimum absolute atomic E-state index is 0.0611. The molecule has 0 bridgehead atoms. The Morgan fingerprint density at radius 3 is 2.54 bits per heavy atom. The molecule has 1 aliphatic heterocycles. The number of pyridine rings is 1. The Labute approximate surface area is 239 Å². The van der Waals surface area contributed by atoms with E-state index < -0.39 is 55.3 Å². The molecule has 218 valence electrons. The van der Waals surface area contributed by atoms with Crippen molar-refractivity contribution in [3.8, 4) is 11.5 Å². The van der Waals surface area contributed by atoms with Gasteiger partial charge in [-0.25, -0.2) is 31.0 Å². The second-order valence-electron chi connectivity index (χ2n) is 10.1. The van der Waals surface area contributed by atoms with Crippen molar-refractivity contribution in [3.63, 3.8) is 0 Å². The largest absolute Gasteiger partial charge is 0.598 e. The van der Waals surface area contributed by atoms with Crippen molar-refractivity contribution in [1.82, 2.24) is 14.0 Å². The van der Waals surface area contributed by atoms with Crippen LogP contribution in [-0.2, 0) is 33.4 Å². The van der Waals surface area contributed by atoms with Crippen molar-refractivity contribution >= 4 is 37.2 Å². The third kappa shape index (κ3) is 7.39. The van der Waals surface area contributed by atoms with E-state index in [4.69, 9.17) is 9.47 Å². The van der Waals surface area contributed by atoms with E-state index in [9.17, 15) is 8.76 Å². The molecule has 0 aliphatic carbocycles. The number of benzene rings is 1. The lowest BCUT2D eigenvalue weighted by atomic mass is 9.98. The van der Waals surface area contributed by atoms with Crippen LogP contribution in [0.15, 0.2) is 39.3 Å². The van der Waals surface area contributed by atoms with Crippen molar-refractivity contribution < 1.29 is 31.4 Å². The first-order valence-corrected chi connectivity index (χ1v) is 15.8. The Hall–Kier alpha value is -1.58. The predicted octanol–water partition coefficient (Wildman–Crippen LogP) is 5.19. The van der Waals surface area contributed by atoms with Crippen molar-refractivity contribution in [2.45, 2.75) is 56.9 Å². The van der Waals surface area contributed by atoms with Gasteiger partial charge in [0.05, 0.1) is 20.0 Å². The van der Waals surface area contributed by atoms with Gasteiger partial charge in [-0.05, 0) is 67.7 Å². The highest BCUT2D eigenvalue weighted by Gasteiger charge is 2.54. The Morgan fingerprint density at radius 1 is 1.21 bits per heavy atom. The first-order chi connectivity index (χ1) is 18.3. The number of halogens is 4. The lowest BCUT2D eigenvalue weighted by Gasteiger charge is -2.38. The molecule has 0 saturated heterocycles. The summed E-state index contributed by atoms with van der Waals surface area (Å²) in [4.78, 5) is 4.02. The predicted molar refractivity (Wildman–Crippen MR) is 150 cm³/mol. The molecule has 0 fully saturated rings. The fraction of sp³-hybridized carbons (Fsp3) is 0.560. The number of hydrogen-bond donors (Lipinski definition) is 1.